The Morgan fingerprint density at radius 2 is 2.08 bits per heavy atom. The van der Waals surface area contributed by atoms with E-state index >= 15 is 0 Å². The number of aliphatic hydroxyl groups excluding tert-OH is 1. The van der Waals surface area contributed by atoms with Gasteiger partial charge >= 0.3 is 0 Å². The lowest BCUT2D eigenvalue weighted by Crippen LogP contribution is -2.39. The number of rotatable bonds is 1. The second kappa shape index (κ2) is 3.33. The lowest BCUT2D eigenvalue weighted by Gasteiger charge is -2.37. The molecule has 3 atom stereocenters. The maximum Gasteiger partial charge on any atom is 0.110 e. The molecule has 12 heavy (non-hydrogen) atoms. The lowest BCUT2D eigenvalue weighted by molar-refractivity contribution is -0.0255. The number of hydrogen-bond acceptors (Lipinski definition) is 1. The molecule has 1 N–H and O–H groups in total. The number of alkyl halides is 1. The molecule has 2 heteroatoms. The van der Waals surface area contributed by atoms with Gasteiger partial charge in [0.05, 0.1) is 6.10 Å². The van der Waals surface area contributed by atoms with Crippen molar-refractivity contribution in [3.8, 4) is 0 Å². The van der Waals surface area contributed by atoms with Crippen LogP contribution in [0.1, 0.15) is 40.0 Å². The van der Waals surface area contributed by atoms with Crippen molar-refractivity contribution in [1.29, 1.82) is 0 Å². The fourth-order valence-electron chi connectivity index (χ4n) is 2.13. The van der Waals surface area contributed by atoms with E-state index < -0.39 is 11.8 Å². The van der Waals surface area contributed by atoms with Gasteiger partial charge in [-0.3, -0.25) is 0 Å². The summed E-state index contributed by atoms with van der Waals surface area (Å²) in [6, 6.07) is 0. The van der Waals surface area contributed by atoms with E-state index in [4.69, 9.17) is 0 Å². The predicted molar refractivity (Wildman–Crippen MR) is 47.7 cm³/mol. The number of hydrogen-bond donors (Lipinski definition) is 1. The average molecular weight is 174 g/mol. The first kappa shape index (κ1) is 9.97. The summed E-state index contributed by atoms with van der Waals surface area (Å²) in [6.07, 6.45) is 1.31. The van der Waals surface area contributed by atoms with Crippen LogP contribution in [0.5, 0.6) is 0 Å². The molecule has 0 spiro atoms. The molecule has 0 aromatic heterocycles. The molecule has 1 aliphatic rings. The lowest BCUT2D eigenvalue weighted by atomic mass is 9.74. The van der Waals surface area contributed by atoms with E-state index in [1.54, 1.807) is 6.92 Å². The third-order valence-electron chi connectivity index (χ3n) is 2.98. The van der Waals surface area contributed by atoms with Crippen molar-refractivity contribution in [3.63, 3.8) is 0 Å². The minimum atomic E-state index is -1.13. The SMILES string of the molecule is CC(C)C1CCC(C)(F)CC1O. The van der Waals surface area contributed by atoms with Gasteiger partial charge in [-0.05, 0) is 31.6 Å². The first-order chi connectivity index (χ1) is 5.42. The zero-order valence-corrected chi connectivity index (χ0v) is 8.18. The Morgan fingerprint density at radius 1 is 1.50 bits per heavy atom. The van der Waals surface area contributed by atoms with Gasteiger partial charge in [0, 0.05) is 6.42 Å². The predicted octanol–water partition coefficient (Wildman–Crippen LogP) is 2.53. The molecular formula is C10H19FO. The molecule has 1 saturated carbocycles. The van der Waals surface area contributed by atoms with Gasteiger partial charge in [0.25, 0.3) is 0 Å². The molecule has 1 nitrogen and oxygen atoms in total. The summed E-state index contributed by atoms with van der Waals surface area (Å²) < 4.78 is 13.4. The highest BCUT2D eigenvalue weighted by Gasteiger charge is 2.37. The summed E-state index contributed by atoms with van der Waals surface area (Å²) in [5.41, 5.74) is -1.13. The molecule has 72 valence electrons. The largest absolute Gasteiger partial charge is 0.393 e. The first-order valence-corrected chi connectivity index (χ1v) is 4.79. The zero-order valence-electron chi connectivity index (χ0n) is 8.18. The van der Waals surface area contributed by atoms with Crippen LogP contribution in [-0.4, -0.2) is 16.9 Å². The Bertz CT molecular complexity index is 154. The summed E-state index contributed by atoms with van der Waals surface area (Å²) in [5.74, 6) is 0.768. The smallest absolute Gasteiger partial charge is 0.110 e. The molecule has 0 aromatic carbocycles. The standard InChI is InChI=1S/C10H19FO/c1-7(2)8-4-5-10(3,11)6-9(8)12/h7-9,12H,4-6H2,1-3H3. The molecule has 0 bridgehead atoms. The topological polar surface area (TPSA) is 20.2 Å². The summed E-state index contributed by atoms with van der Waals surface area (Å²) >= 11 is 0. The maximum atomic E-state index is 13.4. The van der Waals surface area contributed by atoms with Crippen molar-refractivity contribution in [2.24, 2.45) is 11.8 Å². The summed E-state index contributed by atoms with van der Waals surface area (Å²) in [6.45, 7) is 5.77. The van der Waals surface area contributed by atoms with Crippen molar-refractivity contribution < 1.29 is 9.50 Å². The van der Waals surface area contributed by atoms with Crippen LogP contribution < -0.4 is 0 Å². The molecular weight excluding hydrogens is 155 g/mol. The van der Waals surface area contributed by atoms with Gasteiger partial charge in [0.2, 0.25) is 0 Å². The molecule has 1 fully saturated rings. The maximum absolute atomic E-state index is 13.4. The molecule has 3 unspecified atom stereocenters. The van der Waals surface area contributed by atoms with Gasteiger partial charge in [0.1, 0.15) is 5.67 Å². The quantitative estimate of drug-likeness (QED) is 0.647. The fourth-order valence-corrected chi connectivity index (χ4v) is 2.13. The van der Waals surface area contributed by atoms with Gasteiger partial charge in [-0.1, -0.05) is 13.8 Å². The van der Waals surface area contributed by atoms with Crippen LogP contribution in [0, 0.1) is 11.8 Å². The highest BCUT2D eigenvalue weighted by atomic mass is 19.1. The Morgan fingerprint density at radius 3 is 2.50 bits per heavy atom. The van der Waals surface area contributed by atoms with Crippen LogP contribution in [0.3, 0.4) is 0 Å². The minimum absolute atomic E-state index is 0.300. The van der Waals surface area contributed by atoms with E-state index in [0.717, 1.165) is 6.42 Å². The van der Waals surface area contributed by atoms with Crippen molar-refractivity contribution >= 4 is 0 Å². The second-order valence-corrected chi connectivity index (χ2v) is 4.63. The minimum Gasteiger partial charge on any atom is -0.393 e. The van der Waals surface area contributed by atoms with Crippen molar-refractivity contribution in [3.05, 3.63) is 0 Å². The third-order valence-corrected chi connectivity index (χ3v) is 2.98. The molecule has 0 radical (unpaired) electrons. The Kier molecular flexibility index (Phi) is 2.77. The van der Waals surface area contributed by atoms with Gasteiger partial charge < -0.3 is 5.11 Å². The monoisotopic (exact) mass is 174 g/mol. The normalized spacial score (nSPS) is 43.5. The van der Waals surface area contributed by atoms with Crippen LogP contribution in [0.2, 0.25) is 0 Å². The van der Waals surface area contributed by atoms with Gasteiger partial charge in [-0.15, -0.1) is 0 Å². The van der Waals surface area contributed by atoms with Crippen LogP contribution >= 0.6 is 0 Å². The van der Waals surface area contributed by atoms with E-state index in [1.807, 2.05) is 0 Å². The van der Waals surface area contributed by atoms with E-state index in [2.05, 4.69) is 13.8 Å². The van der Waals surface area contributed by atoms with E-state index in [9.17, 15) is 9.50 Å². The summed E-state index contributed by atoms with van der Waals surface area (Å²) in [4.78, 5) is 0. The van der Waals surface area contributed by atoms with Crippen molar-refractivity contribution in [2.45, 2.75) is 51.8 Å². The average Bonchev–Trinajstić information content (AvgIpc) is 1.83. The molecule has 1 rings (SSSR count). The van der Waals surface area contributed by atoms with E-state index in [1.165, 1.54) is 0 Å². The number of aliphatic hydroxyl groups is 1. The van der Waals surface area contributed by atoms with E-state index in [0.29, 0.717) is 24.7 Å². The molecule has 0 saturated heterocycles. The van der Waals surface area contributed by atoms with Crippen LogP contribution in [0.4, 0.5) is 4.39 Å². The van der Waals surface area contributed by atoms with Crippen LogP contribution in [0.25, 0.3) is 0 Å². The van der Waals surface area contributed by atoms with Gasteiger partial charge in [0.15, 0.2) is 0 Å². The molecule has 0 aliphatic heterocycles. The first-order valence-electron chi connectivity index (χ1n) is 4.79. The highest BCUT2D eigenvalue weighted by molar-refractivity contribution is 4.88. The molecule has 0 aromatic rings. The van der Waals surface area contributed by atoms with Crippen LogP contribution in [0.15, 0.2) is 0 Å². The van der Waals surface area contributed by atoms with E-state index in [-0.39, 0.29) is 0 Å². The summed E-state index contributed by atoms with van der Waals surface area (Å²) in [5, 5.41) is 9.63. The Balaban J connectivity index is 2.54. The van der Waals surface area contributed by atoms with Crippen molar-refractivity contribution in [2.75, 3.05) is 0 Å². The third kappa shape index (κ3) is 2.19. The molecule has 0 amide bonds. The second-order valence-electron chi connectivity index (χ2n) is 4.63. The van der Waals surface area contributed by atoms with Crippen LogP contribution in [-0.2, 0) is 0 Å². The Hall–Kier alpha value is -0.110. The highest BCUT2D eigenvalue weighted by Crippen LogP contribution is 2.37. The van der Waals surface area contributed by atoms with Crippen molar-refractivity contribution in [1.82, 2.24) is 0 Å². The zero-order chi connectivity index (χ0) is 9.35. The molecule has 1 aliphatic carbocycles. The number of halogens is 1. The Labute approximate surface area is 74.0 Å². The molecule has 0 heterocycles. The van der Waals surface area contributed by atoms with Gasteiger partial charge in [-0.25, -0.2) is 4.39 Å². The van der Waals surface area contributed by atoms with Gasteiger partial charge in [-0.2, -0.15) is 0 Å². The summed E-state index contributed by atoms with van der Waals surface area (Å²) in [7, 11) is 0. The fraction of sp³-hybridized carbons (Fsp3) is 1.00.